The average Bonchev–Trinajstić information content (AvgIpc) is 3.22. The van der Waals surface area contributed by atoms with Crippen LogP contribution in [0.5, 0.6) is 0 Å². The Morgan fingerprint density at radius 3 is 2.52 bits per heavy atom. The van der Waals surface area contributed by atoms with E-state index in [9.17, 15) is 18.0 Å². The topological polar surface area (TPSA) is 59.8 Å². The van der Waals surface area contributed by atoms with Crippen molar-refractivity contribution < 1.29 is 18.0 Å². The summed E-state index contributed by atoms with van der Waals surface area (Å²) in [4.78, 5) is 15.9. The Balaban J connectivity index is 1.73. The maximum atomic E-state index is 13.3. The van der Waals surface area contributed by atoms with Gasteiger partial charge >= 0.3 is 6.18 Å². The van der Waals surface area contributed by atoms with Crippen molar-refractivity contribution in [3.63, 3.8) is 0 Å². The van der Waals surface area contributed by atoms with Crippen molar-refractivity contribution in [2.45, 2.75) is 51.7 Å². The number of amides is 1. The largest absolute Gasteiger partial charge is 0.435 e. The Kier molecular flexibility index (Phi) is 7.44. The molecule has 0 bridgehead atoms. The van der Waals surface area contributed by atoms with Gasteiger partial charge in [0.05, 0.1) is 11.4 Å². The molecule has 0 radical (unpaired) electrons. The summed E-state index contributed by atoms with van der Waals surface area (Å²) < 4.78 is 41.0. The van der Waals surface area contributed by atoms with Crippen molar-refractivity contribution >= 4 is 5.91 Å². The van der Waals surface area contributed by atoms with Gasteiger partial charge in [-0.1, -0.05) is 38.3 Å². The number of nitrogens with one attached hydrogen (secondary N) is 1. The molecule has 164 valence electrons. The summed E-state index contributed by atoms with van der Waals surface area (Å²) in [6, 6.07) is 11.3. The number of benzene rings is 1. The van der Waals surface area contributed by atoms with Gasteiger partial charge in [0.15, 0.2) is 5.69 Å². The van der Waals surface area contributed by atoms with Crippen molar-refractivity contribution in [3.8, 4) is 16.9 Å². The number of unbranched alkanes of at least 4 members (excludes halogenated alkanes) is 3. The van der Waals surface area contributed by atoms with Gasteiger partial charge in [-0.3, -0.25) is 9.78 Å². The molecule has 1 aromatic carbocycles. The Labute approximate surface area is 179 Å². The van der Waals surface area contributed by atoms with E-state index in [1.807, 2.05) is 0 Å². The Hall–Kier alpha value is -3.16. The van der Waals surface area contributed by atoms with Crippen LogP contribution >= 0.6 is 0 Å². The van der Waals surface area contributed by atoms with Crippen molar-refractivity contribution in [1.29, 1.82) is 0 Å². The fraction of sp³-hybridized carbons (Fsp3) is 0.348. The number of alkyl halides is 3. The maximum Gasteiger partial charge on any atom is 0.435 e. The molecular formula is C23H25F3N4O. The van der Waals surface area contributed by atoms with E-state index in [2.05, 4.69) is 22.3 Å². The van der Waals surface area contributed by atoms with Gasteiger partial charge in [0.1, 0.15) is 0 Å². The highest BCUT2D eigenvalue weighted by atomic mass is 19.4. The monoisotopic (exact) mass is 430 g/mol. The van der Waals surface area contributed by atoms with Crippen LogP contribution in [0.1, 0.15) is 50.3 Å². The minimum Gasteiger partial charge on any atom is -0.352 e. The van der Waals surface area contributed by atoms with E-state index in [0.29, 0.717) is 29.9 Å². The normalized spacial score (nSPS) is 11.5. The van der Waals surface area contributed by atoms with Crippen LogP contribution in [-0.2, 0) is 17.5 Å². The van der Waals surface area contributed by atoms with Crippen LogP contribution in [0.3, 0.4) is 0 Å². The summed E-state index contributed by atoms with van der Waals surface area (Å²) in [5.41, 5.74) is 1.21. The van der Waals surface area contributed by atoms with Gasteiger partial charge < -0.3 is 5.32 Å². The lowest BCUT2D eigenvalue weighted by atomic mass is 10.1. The van der Waals surface area contributed by atoms with Gasteiger partial charge in [-0.2, -0.15) is 18.3 Å². The van der Waals surface area contributed by atoms with Crippen molar-refractivity contribution in [2.24, 2.45) is 0 Å². The standard InChI is InChI=1S/C23H25F3N4O/c1-2-3-4-5-8-22(31)28-15-17-9-11-19(12-10-17)30-20(18-7-6-13-27-16-18)14-21(29-30)23(24,25)26/h6-7,9-14,16H,2-5,8,15H2,1H3,(H,28,31). The Bertz CT molecular complexity index is 982. The number of hydrogen-bond donors (Lipinski definition) is 1. The molecular weight excluding hydrogens is 405 g/mol. The van der Waals surface area contributed by atoms with E-state index in [1.54, 1.807) is 42.6 Å². The molecule has 2 aromatic heterocycles. The van der Waals surface area contributed by atoms with Gasteiger partial charge in [-0.15, -0.1) is 0 Å². The number of pyridine rings is 1. The molecule has 31 heavy (non-hydrogen) atoms. The number of carbonyl (C=O) groups excluding carboxylic acids is 1. The molecule has 0 saturated carbocycles. The van der Waals surface area contributed by atoms with Gasteiger partial charge in [0.25, 0.3) is 0 Å². The first-order valence-electron chi connectivity index (χ1n) is 10.3. The Morgan fingerprint density at radius 1 is 1.10 bits per heavy atom. The van der Waals surface area contributed by atoms with E-state index in [1.165, 1.54) is 10.9 Å². The first-order valence-corrected chi connectivity index (χ1v) is 10.3. The predicted molar refractivity (Wildman–Crippen MR) is 112 cm³/mol. The molecule has 0 spiro atoms. The second-order valence-corrected chi connectivity index (χ2v) is 7.32. The van der Waals surface area contributed by atoms with E-state index in [0.717, 1.165) is 37.3 Å². The van der Waals surface area contributed by atoms with Crippen molar-refractivity contribution in [2.75, 3.05) is 0 Å². The SMILES string of the molecule is CCCCCCC(=O)NCc1ccc(-n2nc(C(F)(F)F)cc2-c2cccnc2)cc1. The summed E-state index contributed by atoms with van der Waals surface area (Å²) in [5, 5.41) is 6.65. The molecule has 0 aliphatic heterocycles. The smallest absolute Gasteiger partial charge is 0.352 e. The van der Waals surface area contributed by atoms with Gasteiger partial charge in [0, 0.05) is 30.9 Å². The highest BCUT2D eigenvalue weighted by Gasteiger charge is 2.35. The molecule has 0 unspecified atom stereocenters. The molecule has 0 aliphatic carbocycles. The molecule has 0 fully saturated rings. The summed E-state index contributed by atoms with van der Waals surface area (Å²) in [6.07, 6.45) is 3.16. The number of carbonyl (C=O) groups is 1. The van der Waals surface area contributed by atoms with Crippen LogP contribution in [0.2, 0.25) is 0 Å². The molecule has 3 aromatic rings. The maximum absolute atomic E-state index is 13.3. The average molecular weight is 430 g/mol. The first-order chi connectivity index (χ1) is 14.9. The molecule has 2 heterocycles. The van der Waals surface area contributed by atoms with Crippen LogP contribution in [0.4, 0.5) is 13.2 Å². The van der Waals surface area contributed by atoms with E-state index in [-0.39, 0.29) is 5.91 Å². The molecule has 5 nitrogen and oxygen atoms in total. The lowest BCUT2D eigenvalue weighted by Crippen LogP contribution is -2.22. The summed E-state index contributed by atoms with van der Waals surface area (Å²) in [6.45, 7) is 2.49. The van der Waals surface area contributed by atoms with Crippen molar-refractivity contribution in [3.05, 3.63) is 66.1 Å². The summed E-state index contributed by atoms with van der Waals surface area (Å²) >= 11 is 0. The highest BCUT2D eigenvalue weighted by Crippen LogP contribution is 2.33. The van der Waals surface area contributed by atoms with Crippen LogP contribution in [-0.4, -0.2) is 20.7 Å². The molecule has 3 rings (SSSR count). The fourth-order valence-electron chi connectivity index (χ4n) is 3.19. The summed E-state index contributed by atoms with van der Waals surface area (Å²) in [7, 11) is 0. The third kappa shape index (κ3) is 6.16. The zero-order valence-electron chi connectivity index (χ0n) is 17.3. The second kappa shape index (κ2) is 10.2. The Morgan fingerprint density at radius 2 is 1.87 bits per heavy atom. The highest BCUT2D eigenvalue weighted by molar-refractivity contribution is 5.75. The van der Waals surface area contributed by atoms with Gasteiger partial charge in [-0.25, -0.2) is 4.68 Å². The second-order valence-electron chi connectivity index (χ2n) is 7.32. The van der Waals surface area contributed by atoms with Gasteiger partial charge in [0.2, 0.25) is 5.91 Å². The quantitative estimate of drug-likeness (QED) is 0.454. The first kappa shape index (κ1) is 22.5. The molecule has 0 atom stereocenters. The fourth-order valence-corrected chi connectivity index (χ4v) is 3.19. The minimum absolute atomic E-state index is 0.000869. The molecule has 8 heteroatoms. The number of nitrogens with zero attached hydrogens (tertiary/aromatic N) is 3. The third-order valence-corrected chi connectivity index (χ3v) is 4.89. The molecule has 1 N–H and O–H groups in total. The minimum atomic E-state index is -4.55. The number of aromatic nitrogens is 3. The molecule has 0 saturated heterocycles. The van der Waals surface area contributed by atoms with E-state index >= 15 is 0 Å². The van der Waals surface area contributed by atoms with Crippen LogP contribution in [0.15, 0.2) is 54.9 Å². The number of hydrogen-bond acceptors (Lipinski definition) is 3. The lowest BCUT2D eigenvalue weighted by Gasteiger charge is -2.09. The molecule has 0 aliphatic rings. The number of rotatable bonds is 9. The van der Waals surface area contributed by atoms with Crippen LogP contribution < -0.4 is 5.32 Å². The third-order valence-electron chi connectivity index (χ3n) is 4.89. The van der Waals surface area contributed by atoms with Gasteiger partial charge in [-0.05, 0) is 42.3 Å². The van der Waals surface area contributed by atoms with E-state index in [4.69, 9.17) is 0 Å². The van der Waals surface area contributed by atoms with E-state index < -0.39 is 11.9 Å². The zero-order valence-corrected chi connectivity index (χ0v) is 17.3. The lowest BCUT2D eigenvalue weighted by molar-refractivity contribution is -0.141. The van der Waals surface area contributed by atoms with Crippen LogP contribution in [0, 0.1) is 0 Å². The molecule has 1 amide bonds. The van der Waals surface area contributed by atoms with Crippen LogP contribution in [0.25, 0.3) is 16.9 Å². The van der Waals surface area contributed by atoms with Crippen molar-refractivity contribution in [1.82, 2.24) is 20.1 Å². The summed E-state index contributed by atoms with van der Waals surface area (Å²) in [5.74, 6) is 0.000869. The zero-order chi connectivity index (χ0) is 22.3. The number of halogens is 3. The predicted octanol–water partition coefficient (Wildman–Crippen LogP) is 5.54.